The topological polar surface area (TPSA) is 75.6 Å². The molecule has 1 aliphatic carbocycles. The fourth-order valence-corrected chi connectivity index (χ4v) is 2.67. The predicted octanol–water partition coefficient (Wildman–Crippen LogP) is 2.48. The van der Waals surface area contributed by atoms with Gasteiger partial charge in [-0.2, -0.15) is 5.26 Å². The molecular weight excluding hydrogens is 236 g/mol. The van der Waals surface area contributed by atoms with Gasteiger partial charge in [0, 0.05) is 17.5 Å². The highest BCUT2D eigenvalue weighted by molar-refractivity contribution is 5.77. The molecule has 4 nitrogen and oxygen atoms in total. The van der Waals surface area contributed by atoms with E-state index in [9.17, 15) is 5.26 Å². The third-order valence-electron chi connectivity index (χ3n) is 3.53. The third kappa shape index (κ3) is 1.93. The lowest BCUT2D eigenvalue weighted by atomic mass is 9.88. The Hall–Kier alpha value is -2.41. The number of rotatable bonds is 1. The van der Waals surface area contributed by atoms with Crippen LogP contribution in [0, 0.1) is 11.3 Å². The lowest BCUT2D eigenvalue weighted by Crippen LogP contribution is -2.12. The van der Waals surface area contributed by atoms with Crippen LogP contribution in [0.25, 0.3) is 11.3 Å². The van der Waals surface area contributed by atoms with Gasteiger partial charge >= 0.3 is 0 Å². The highest BCUT2D eigenvalue weighted by Crippen LogP contribution is 2.34. The maximum absolute atomic E-state index is 9.36. The summed E-state index contributed by atoms with van der Waals surface area (Å²) in [4.78, 5) is 8.77. The van der Waals surface area contributed by atoms with E-state index in [1.807, 2.05) is 18.2 Å². The maximum Gasteiger partial charge on any atom is 0.142 e. The number of anilines is 1. The number of nitrogens with two attached hydrogens (primary N) is 1. The molecule has 0 saturated carbocycles. The molecule has 19 heavy (non-hydrogen) atoms. The Labute approximate surface area is 111 Å². The third-order valence-corrected chi connectivity index (χ3v) is 3.53. The van der Waals surface area contributed by atoms with Crippen LogP contribution in [0.3, 0.4) is 0 Å². The Kier molecular flexibility index (Phi) is 2.88. The number of hydrogen-bond donors (Lipinski definition) is 1. The van der Waals surface area contributed by atoms with Gasteiger partial charge in [-0.05, 0) is 43.4 Å². The Bertz CT molecular complexity index is 656. The average molecular weight is 250 g/mol. The van der Waals surface area contributed by atoms with Crippen molar-refractivity contribution in [3.05, 3.63) is 41.2 Å². The van der Waals surface area contributed by atoms with Crippen molar-refractivity contribution in [3.8, 4) is 17.3 Å². The normalized spacial score (nSPS) is 13.6. The van der Waals surface area contributed by atoms with Crippen molar-refractivity contribution in [2.45, 2.75) is 25.7 Å². The SMILES string of the molecule is N#Cc1c(N)nc2c(c1-c1ccccn1)CCCC2. The van der Waals surface area contributed by atoms with Crippen LogP contribution in [0.4, 0.5) is 5.82 Å². The molecule has 3 rings (SSSR count). The molecular formula is C15H14N4. The van der Waals surface area contributed by atoms with Crippen molar-refractivity contribution in [2.24, 2.45) is 0 Å². The van der Waals surface area contributed by atoms with Gasteiger partial charge in [-0.3, -0.25) is 4.98 Å². The van der Waals surface area contributed by atoms with Crippen LogP contribution in [0.15, 0.2) is 24.4 Å². The minimum Gasteiger partial charge on any atom is -0.383 e. The van der Waals surface area contributed by atoms with Crippen LogP contribution >= 0.6 is 0 Å². The zero-order valence-corrected chi connectivity index (χ0v) is 10.6. The number of hydrogen-bond acceptors (Lipinski definition) is 4. The van der Waals surface area contributed by atoms with Gasteiger partial charge < -0.3 is 5.73 Å². The van der Waals surface area contributed by atoms with E-state index in [4.69, 9.17) is 5.73 Å². The molecule has 2 heterocycles. The molecule has 0 radical (unpaired) electrons. The second-order valence-electron chi connectivity index (χ2n) is 4.71. The monoisotopic (exact) mass is 250 g/mol. The summed E-state index contributed by atoms with van der Waals surface area (Å²) in [5, 5.41) is 9.36. The molecule has 0 saturated heterocycles. The number of aryl methyl sites for hydroxylation is 1. The van der Waals surface area contributed by atoms with E-state index in [2.05, 4.69) is 16.0 Å². The summed E-state index contributed by atoms with van der Waals surface area (Å²) < 4.78 is 0. The van der Waals surface area contributed by atoms with Crippen LogP contribution in [0.1, 0.15) is 29.7 Å². The van der Waals surface area contributed by atoms with Gasteiger partial charge in [-0.1, -0.05) is 6.07 Å². The van der Waals surface area contributed by atoms with Crippen molar-refractivity contribution in [1.29, 1.82) is 5.26 Å². The molecule has 2 N–H and O–H groups in total. The molecule has 0 aliphatic heterocycles. The zero-order chi connectivity index (χ0) is 13.2. The van der Waals surface area contributed by atoms with E-state index in [0.717, 1.165) is 48.2 Å². The fraction of sp³-hybridized carbons (Fsp3) is 0.267. The smallest absolute Gasteiger partial charge is 0.142 e. The van der Waals surface area contributed by atoms with E-state index in [0.29, 0.717) is 11.4 Å². The van der Waals surface area contributed by atoms with E-state index < -0.39 is 0 Å². The molecule has 0 spiro atoms. The molecule has 4 heteroatoms. The van der Waals surface area contributed by atoms with Crippen molar-refractivity contribution >= 4 is 5.82 Å². The maximum atomic E-state index is 9.36. The summed E-state index contributed by atoms with van der Waals surface area (Å²) in [5.74, 6) is 0.323. The van der Waals surface area contributed by atoms with Crippen LogP contribution in [-0.2, 0) is 12.8 Å². The van der Waals surface area contributed by atoms with Gasteiger partial charge in [-0.15, -0.1) is 0 Å². The highest BCUT2D eigenvalue weighted by atomic mass is 14.9. The van der Waals surface area contributed by atoms with Crippen molar-refractivity contribution in [3.63, 3.8) is 0 Å². The van der Waals surface area contributed by atoms with E-state index in [-0.39, 0.29) is 0 Å². The van der Waals surface area contributed by atoms with Gasteiger partial charge in [0.1, 0.15) is 17.5 Å². The summed E-state index contributed by atoms with van der Waals surface area (Å²) in [7, 11) is 0. The molecule has 94 valence electrons. The molecule has 0 bridgehead atoms. The summed E-state index contributed by atoms with van der Waals surface area (Å²) in [5.41, 5.74) is 10.3. The van der Waals surface area contributed by atoms with Crippen molar-refractivity contribution < 1.29 is 0 Å². The van der Waals surface area contributed by atoms with E-state index in [1.165, 1.54) is 0 Å². The number of fused-ring (bicyclic) bond motifs is 1. The Balaban J connectivity index is 2.32. The number of pyridine rings is 2. The molecule has 2 aromatic rings. The summed E-state index contributed by atoms with van der Waals surface area (Å²) in [6, 6.07) is 7.90. The Morgan fingerprint density at radius 3 is 2.79 bits per heavy atom. The standard InChI is InChI=1S/C15H14N4/c16-9-11-14(13-7-3-4-8-18-13)10-5-1-2-6-12(10)19-15(11)17/h3-4,7-8H,1-2,5-6H2,(H2,17,19). The average Bonchev–Trinajstić information content (AvgIpc) is 2.46. The number of nitriles is 1. The Morgan fingerprint density at radius 1 is 1.21 bits per heavy atom. The van der Waals surface area contributed by atoms with Gasteiger partial charge in [0.15, 0.2) is 0 Å². The van der Waals surface area contributed by atoms with Crippen molar-refractivity contribution in [2.75, 3.05) is 5.73 Å². The van der Waals surface area contributed by atoms with Crippen LogP contribution in [0.5, 0.6) is 0 Å². The first-order chi connectivity index (χ1) is 9.31. The van der Waals surface area contributed by atoms with Crippen LogP contribution in [-0.4, -0.2) is 9.97 Å². The number of nitrogens with zero attached hydrogens (tertiary/aromatic N) is 3. The second-order valence-corrected chi connectivity index (χ2v) is 4.71. The molecule has 0 atom stereocenters. The van der Waals surface area contributed by atoms with Gasteiger partial charge in [-0.25, -0.2) is 4.98 Å². The lowest BCUT2D eigenvalue weighted by molar-refractivity contribution is 0.669. The first-order valence-corrected chi connectivity index (χ1v) is 6.44. The lowest BCUT2D eigenvalue weighted by Gasteiger charge is -2.20. The first-order valence-electron chi connectivity index (χ1n) is 6.44. The van der Waals surface area contributed by atoms with Crippen LogP contribution in [0.2, 0.25) is 0 Å². The minimum atomic E-state index is 0.323. The van der Waals surface area contributed by atoms with E-state index in [1.54, 1.807) is 6.20 Å². The number of aromatic nitrogens is 2. The summed E-state index contributed by atoms with van der Waals surface area (Å²) in [6.07, 6.45) is 5.88. The van der Waals surface area contributed by atoms with Crippen molar-refractivity contribution in [1.82, 2.24) is 9.97 Å². The fourth-order valence-electron chi connectivity index (χ4n) is 2.67. The zero-order valence-electron chi connectivity index (χ0n) is 10.6. The quantitative estimate of drug-likeness (QED) is 0.843. The molecule has 0 amide bonds. The van der Waals surface area contributed by atoms with Gasteiger partial charge in [0.2, 0.25) is 0 Å². The molecule has 0 unspecified atom stereocenters. The summed E-state index contributed by atoms with van der Waals surface area (Å²) >= 11 is 0. The summed E-state index contributed by atoms with van der Waals surface area (Å²) in [6.45, 7) is 0. The van der Waals surface area contributed by atoms with Gasteiger partial charge in [0.25, 0.3) is 0 Å². The number of nitrogen functional groups attached to an aromatic ring is 1. The van der Waals surface area contributed by atoms with Crippen LogP contribution < -0.4 is 5.73 Å². The minimum absolute atomic E-state index is 0.323. The molecule has 1 aliphatic rings. The van der Waals surface area contributed by atoms with E-state index >= 15 is 0 Å². The Morgan fingerprint density at radius 2 is 2.05 bits per heavy atom. The predicted molar refractivity (Wildman–Crippen MR) is 73.2 cm³/mol. The van der Waals surface area contributed by atoms with Gasteiger partial charge in [0.05, 0.1) is 5.69 Å². The molecule has 0 aromatic carbocycles. The highest BCUT2D eigenvalue weighted by Gasteiger charge is 2.22. The second kappa shape index (κ2) is 4.69. The molecule has 2 aromatic heterocycles. The first kappa shape index (κ1) is 11.7. The largest absolute Gasteiger partial charge is 0.383 e. The molecule has 0 fully saturated rings.